The second-order valence-electron chi connectivity index (χ2n) is 2.97. The predicted octanol–water partition coefficient (Wildman–Crippen LogP) is 4.38. The predicted molar refractivity (Wildman–Crippen MR) is 60.6 cm³/mol. The molecular weight excluding hydrogens is 259 g/mol. The summed E-state index contributed by atoms with van der Waals surface area (Å²) >= 11 is 3.14. The third-order valence-corrected chi connectivity index (χ3v) is 2.66. The van der Waals surface area contributed by atoms with Gasteiger partial charge in [-0.2, -0.15) is 0 Å². The minimum atomic E-state index is -0.330. The topological polar surface area (TPSA) is 9.23 Å². The van der Waals surface area contributed by atoms with Crippen LogP contribution in [0, 0.1) is 5.82 Å². The highest BCUT2D eigenvalue weighted by Crippen LogP contribution is 2.31. The molecule has 0 unspecified atom stereocenters. The van der Waals surface area contributed by atoms with Gasteiger partial charge in [0.1, 0.15) is 17.3 Å². The molecule has 0 radical (unpaired) electrons. The molecule has 0 aliphatic heterocycles. The molecule has 0 aliphatic rings. The molecule has 0 fully saturated rings. The second kappa shape index (κ2) is 4.45. The highest BCUT2D eigenvalue weighted by atomic mass is 79.9. The van der Waals surface area contributed by atoms with Gasteiger partial charge in [-0.15, -0.1) is 0 Å². The molecule has 0 aromatic heterocycles. The van der Waals surface area contributed by atoms with Gasteiger partial charge < -0.3 is 4.74 Å². The Morgan fingerprint density at radius 3 is 2.40 bits per heavy atom. The maximum absolute atomic E-state index is 13.2. The van der Waals surface area contributed by atoms with E-state index in [1.54, 1.807) is 12.1 Å². The number of rotatable bonds is 2. The summed E-state index contributed by atoms with van der Waals surface area (Å²) in [5.41, 5.74) is 0. The van der Waals surface area contributed by atoms with Crippen molar-refractivity contribution in [1.82, 2.24) is 0 Å². The fourth-order valence-corrected chi connectivity index (χ4v) is 1.52. The van der Waals surface area contributed by atoms with E-state index in [-0.39, 0.29) is 5.82 Å². The Hall–Kier alpha value is -1.35. The number of halogens is 2. The van der Waals surface area contributed by atoms with Crippen LogP contribution in [-0.2, 0) is 0 Å². The number of benzene rings is 2. The smallest absolute Gasteiger partial charge is 0.144 e. The summed E-state index contributed by atoms with van der Waals surface area (Å²) in [6, 6.07) is 14.0. The van der Waals surface area contributed by atoms with Gasteiger partial charge in [-0.25, -0.2) is 4.39 Å². The molecule has 0 saturated heterocycles. The molecule has 0 spiro atoms. The number of para-hydroxylation sites is 1. The molecule has 76 valence electrons. The molecule has 2 rings (SSSR count). The van der Waals surface area contributed by atoms with Crippen LogP contribution in [0.3, 0.4) is 0 Å². The fraction of sp³-hybridized carbons (Fsp3) is 0. The van der Waals surface area contributed by atoms with Crippen LogP contribution in [0.15, 0.2) is 53.0 Å². The zero-order chi connectivity index (χ0) is 10.7. The Balaban J connectivity index is 2.29. The zero-order valence-electron chi connectivity index (χ0n) is 7.78. The average Bonchev–Trinajstić information content (AvgIpc) is 2.26. The van der Waals surface area contributed by atoms with Crippen molar-refractivity contribution < 1.29 is 9.13 Å². The quantitative estimate of drug-likeness (QED) is 0.784. The van der Waals surface area contributed by atoms with Crippen molar-refractivity contribution in [2.45, 2.75) is 0 Å². The van der Waals surface area contributed by atoms with E-state index < -0.39 is 0 Å². The van der Waals surface area contributed by atoms with Gasteiger partial charge >= 0.3 is 0 Å². The molecule has 0 saturated carbocycles. The third-order valence-electron chi connectivity index (χ3n) is 1.89. The van der Waals surface area contributed by atoms with Crippen molar-refractivity contribution in [3.8, 4) is 11.5 Å². The maximum Gasteiger partial charge on any atom is 0.144 e. The molecule has 0 atom stereocenters. The van der Waals surface area contributed by atoms with Crippen molar-refractivity contribution in [3.05, 3.63) is 58.8 Å². The molecular formula is C12H8BrFO. The summed E-state index contributed by atoms with van der Waals surface area (Å²) in [4.78, 5) is 0. The molecule has 2 aromatic rings. The van der Waals surface area contributed by atoms with Gasteiger partial charge in [0, 0.05) is 0 Å². The molecule has 0 N–H and O–H groups in total. The van der Waals surface area contributed by atoms with E-state index in [1.807, 2.05) is 30.3 Å². The van der Waals surface area contributed by atoms with E-state index in [1.165, 1.54) is 6.07 Å². The Bertz CT molecular complexity index is 456. The van der Waals surface area contributed by atoms with Crippen LogP contribution in [0.2, 0.25) is 0 Å². The first kappa shape index (κ1) is 10.2. The van der Waals surface area contributed by atoms with E-state index in [0.717, 1.165) is 0 Å². The van der Waals surface area contributed by atoms with Crippen LogP contribution in [0.5, 0.6) is 11.5 Å². The molecule has 0 bridgehead atoms. The third kappa shape index (κ3) is 2.36. The van der Waals surface area contributed by atoms with Crippen LogP contribution in [0.1, 0.15) is 0 Å². The Morgan fingerprint density at radius 1 is 0.933 bits per heavy atom. The van der Waals surface area contributed by atoms with Gasteiger partial charge in [0.25, 0.3) is 0 Å². The molecule has 1 nitrogen and oxygen atoms in total. The highest BCUT2D eigenvalue weighted by Gasteiger charge is 2.06. The van der Waals surface area contributed by atoms with Crippen LogP contribution in [0.25, 0.3) is 0 Å². The number of hydrogen-bond acceptors (Lipinski definition) is 1. The van der Waals surface area contributed by atoms with Gasteiger partial charge in [-0.3, -0.25) is 0 Å². The van der Waals surface area contributed by atoms with Gasteiger partial charge in [0.2, 0.25) is 0 Å². The lowest BCUT2D eigenvalue weighted by atomic mass is 10.3. The summed E-state index contributed by atoms with van der Waals surface area (Å²) in [6.07, 6.45) is 0. The summed E-state index contributed by atoms with van der Waals surface area (Å²) in [5.74, 6) is 0.827. The lowest BCUT2D eigenvalue weighted by Gasteiger charge is -2.07. The monoisotopic (exact) mass is 266 g/mol. The van der Waals surface area contributed by atoms with Crippen molar-refractivity contribution in [2.75, 3.05) is 0 Å². The van der Waals surface area contributed by atoms with Crippen molar-refractivity contribution in [2.24, 2.45) is 0 Å². The molecule has 3 heteroatoms. The lowest BCUT2D eigenvalue weighted by molar-refractivity contribution is 0.472. The lowest BCUT2D eigenvalue weighted by Crippen LogP contribution is -1.87. The van der Waals surface area contributed by atoms with E-state index in [4.69, 9.17) is 4.74 Å². The Kier molecular flexibility index (Phi) is 3.02. The van der Waals surface area contributed by atoms with Crippen LogP contribution in [0.4, 0.5) is 4.39 Å². The minimum Gasteiger partial charge on any atom is -0.456 e. The van der Waals surface area contributed by atoms with E-state index in [2.05, 4.69) is 15.9 Å². The van der Waals surface area contributed by atoms with Gasteiger partial charge in [-0.1, -0.05) is 24.3 Å². The van der Waals surface area contributed by atoms with Crippen LogP contribution < -0.4 is 4.74 Å². The summed E-state index contributed by atoms with van der Waals surface area (Å²) in [6.45, 7) is 0. The summed E-state index contributed by atoms with van der Waals surface area (Å²) < 4.78 is 19.0. The number of hydrogen-bond donors (Lipinski definition) is 0. The maximum atomic E-state index is 13.2. The second-order valence-corrected chi connectivity index (χ2v) is 3.76. The van der Waals surface area contributed by atoms with Crippen molar-refractivity contribution in [3.63, 3.8) is 0 Å². The molecule has 15 heavy (non-hydrogen) atoms. The van der Waals surface area contributed by atoms with Crippen LogP contribution >= 0.6 is 15.9 Å². The molecule has 0 aliphatic carbocycles. The highest BCUT2D eigenvalue weighted by molar-refractivity contribution is 9.10. The van der Waals surface area contributed by atoms with Gasteiger partial charge in [0.15, 0.2) is 0 Å². The molecule has 2 aromatic carbocycles. The van der Waals surface area contributed by atoms with Crippen LogP contribution in [-0.4, -0.2) is 0 Å². The summed E-state index contributed by atoms with van der Waals surface area (Å²) in [5, 5.41) is 0. The first-order chi connectivity index (χ1) is 7.27. The normalized spacial score (nSPS) is 10.0. The molecule has 0 amide bonds. The first-order valence-electron chi connectivity index (χ1n) is 4.44. The van der Waals surface area contributed by atoms with Gasteiger partial charge in [-0.05, 0) is 40.2 Å². The zero-order valence-corrected chi connectivity index (χ0v) is 9.37. The summed E-state index contributed by atoms with van der Waals surface area (Å²) in [7, 11) is 0. The minimum absolute atomic E-state index is 0.330. The Morgan fingerprint density at radius 2 is 1.67 bits per heavy atom. The molecule has 0 heterocycles. The van der Waals surface area contributed by atoms with Crippen molar-refractivity contribution in [1.29, 1.82) is 0 Å². The van der Waals surface area contributed by atoms with Gasteiger partial charge in [0.05, 0.1) is 4.47 Å². The number of ether oxygens (including phenoxy) is 1. The largest absolute Gasteiger partial charge is 0.456 e. The standard InChI is InChI=1S/C12H8BrFO/c13-12-10(14)7-4-8-11(12)15-9-5-2-1-3-6-9/h1-8H. The van der Waals surface area contributed by atoms with Crippen molar-refractivity contribution >= 4 is 15.9 Å². The van der Waals surface area contributed by atoms with E-state index >= 15 is 0 Å². The first-order valence-corrected chi connectivity index (χ1v) is 5.23. The SMILES string of the molecule is Fc1cccc(Oc2ccccc2)c1Br. The Labute approximate surface area is 95.6 Å². The van der Waals surface area contributed by atoms with E-state index in [0.29, 0.717) is 16.0 Å². The fourth-order valence-electron chi connectivity index (χ4n) is 1.18. The van der Waals surface area contributed by atoms with E-state index in [9.17, 15) is 4.39 Å². The average molecular weight is 267 g/mol.